The van der Waals surface area contributed by atoms with E-state index in [0.29, 0.717) is 6.04 Å². The van der Waals surface area contributed by atoms with Gasteiger partial charge in [0, 0.05) is 34.7 Å². The molecule has 24 heavy (non-hydrogen) atoms. The van der Waals surface area contributed by atoms with Gasteiger partial charge >= 0.3 is 0 Å². The number of amides is 1. The second kappa shape index (κ2) is 4.97. The zero-order chi connectivity index (χ0) is 16.3. The van der Waals surface area contributed by atoms with Crippen molar-refractivity contribution in [3.05, 3.63) is 70.4 Å². The summed E-state index contributed by atoms with van der Waals surface area (Å²) in [5, 5.41) is 1.32. The third-order valence-corrected chi connectivity index (χ3v) is 5.61. The maximum absolute atomic E-state index is 12.8. The van der Waals surface area contributed by atoms with E-state index in [-0.39, 0.29) is 5.91 Å². The summed E-state index contributed by atoms with van der Waals surface area (Å²) in [6.07, 6.45) is 3.02. The molecular formula is C21H20N2O. The molecule has 1 unspecified atom stereocenters. The van der Waals surface area contributed by atoms with Crippen molar-refractivity contribution >= 4 is 16.8 Å². The maximum atomic E-state index is 12.8. The third kappa shape index (κ3) is 1.94. The summed E-state index contributed by atoms with van der Waals surface area (Å²) < 4.78 is 0. The number of carbonyl (C=O) groups excluding carboxylic acids is 1. The van der Waals surface area contributed by atoms with Gasteiger partial charge in [0.15, 0.2) is 0 Å². The van der Waals surface area contributed by atoms with Gasteiger partial charge in [0.05, 0.1) is 0 Å². The van der Waals surface area contributed by atoms with Crippen LogP contribution >= 0.6 is 0 Å². The number of H-pyrrole nitrogens is 1. The molecule has 0 radical (unpaired) electrons. The van der Waals surface area contributed by atoms with Crippen LogP contribution in [-0.2, 0) is 19.4 Å². The molecule has 120 valence electrons. The SMILES string of the molecule is Cc1ccc2c3c([nH]c2c1)CCC(N1Cc2ccccc2C1=O)C3. The van der Waals surface area contributed by atoms with E-state index in [2.05, 4.69) is 41.1 Å². The average molecular weight is 316 g/mol. The number of rotatable bonds is 1. The predicted molar refractivity (Wildman–Crippen MR) is 95.2 cm³/mol. The van der Waals surface area contributed by atoms with Gasteiger partial charge in [0.1, 0.15) is 0 Å². The minimum Gasteiger partial charge on any atom is -0.358 e. The quantitative estimate of drug-likeness (QED) is 0.724. The molecule has 0 bridgehead atoms. The number of nitrogens with one attached hydrogen (secondary N) is 1. The first-order valence-electron chi connectivity index (χ1n) is 8.69. The standard InChI is InChI=1S/C21H20N2O/c1-13-6-8-17-18-11-15(7-9-19(18)22-20(17)10-13)23-12-14-4-2-3-5-16(14)21(23)24/h2-6,8,10,15,22H,7,9,11-12H2,1H3. The lowest BCUT2D eigenvalue weighted by Gasteiger charge is -2.31. The lowest BCUT2D eigenvalue weighted by atomic mass is 9.90. The van der Waals surface area contributed by atoms with Crippen molar-refractivity contribution in [3.8, 4) is 0 Å². The fourth-order valence-electron chi connectivity index (χ4n) is 4.36. The van der Waals surface area contributed by atoms with E-state index in [1.807, 2.05) is 18.2 Å². The van der Waals surface area contributed by atoms with Gasteiger partial charge in [-0.25, -0.2) is 0 Å². The molecule has 1 aliphatic heterocycles. The highest BCUT2D eigenvalue weighted by Crippen LogP contribution is 2.34. The van der Waals surface area contributed by atoms with Gasteiger partial charge in [0.2, 0.25) is 0 Å². The Hall–Kier alpha value is -2.55. The van der Waals surface area contributed by atoms with Crippen LogP contribution in [0.4, 0.5) is 0 Å². The molecule has 0 fully saturated rings. The van der Waals surface area contributed by atoms with E-state index in [9.17, 15) is 4.79 Å². The number of carbonyl (C=O) groups is 1. The van der Waals surface area contributed by atoms with E-state index < -0.39 is 0 Å². The van der Waals surface area contributed by atoms with Gasteiger partial charge in [-0.05, 0) is 55.0 Å². The van der Waals surface area contributed by atoms with Crippen molar-refractivity contribution in [2.24, 2.45) is 0 Å². The summed E-state index contributed by atoms with van der Waals surface area (Å²) in [6, 6.07) is 14.9. The van der Waals surface area contributed by atoms with Crippen molar-refractivity contribution in [2.45, 2.75) is 38.8 Å². The molecule has 1 atom stereocenters. The molecular weight excluding hydrogens is 296 g/mol. The summed E-state index contributed by atoms with van der Waals surface area (Å²) in [5.74, 6) is 0.203. The summed E-state index contributed by atoms with van der Waals surface area (Å²) in [5.41, 5.74) is 7.33. The molecule has 2 heterocycles. The van der Waals surface area contributed by atoms with Crippen LogP contribution in [0.25, 0.3) is 10.9 Å². The van der Waals surface area contributed by atoms with Crippen LogP contribution < -0.4 is 0 Å². The lowest BCUT2D eigenvalue weighted by Crippen LogP contribution is -2.39. The number of fused-ring (bicyclic) bond motifs is 4. The van der Waals surface area contributed by atoms with E-state index in [0.717, 1.165) is 31.4 Å². The number of hydrogen-bond donors (Lipinski definition) is 1. The minimum absolute atomic E-state index is 0.203. The van der Waals surface area contributed by atoms with Gasteiger partial charge in [-0.15, -0.1) is 0 Å². The Morgan fingerprint density at radius 2 is 2.04 bits per heavy atom. The average Bonchev–Trinajstić information content (AvgIpc) is 3.12. The van der Waals surface area contributed by atoms with Gasteiger partial charge in [-0.2, -0.15) is 0 Å². The van der Waals surface area contributed by atoms with Crippen LogP contribution in [0.15, 0.2) is 42.5 Å². The van der Waals surface area contributed by atoms with E-state index in [4.69, 9.17) is 0 Å². The second-order valence-electron chi connectivity index (χ2n) is 7.12. The lowest BCUT2D eigenvalue weighted by molar-refractivity contribution is 0.0687. The first kappa shape index (κ1) is 13.8. The summed E-state index contributed by atoms with van der Waals surface area (Å²) in [6.45, 7) is 2.89. The molecule has 2 aromatic carbocycles. The molecule has 1 aromatic heterocycles. The minimum atomic E-state index is 0.203. The number of hydrogen-bond acceptors (Lipinski definition) is 1. The Labute approximate surface area is 141 Å². The summed E-state index contributed by atoms with van der Waals surface area (Å²) in [7, 11) is 0. The van der Waals surface area contributed by atoms with E-state index >= 15 is 0 Å². The molecule has 1 N–H and O–H groups in total. The molecule has 0 saturated carbocycles. The van der Waals surface area contributed by atoms with Gasteiger partial charge in [0.25, 0.3) is 5.91 Å². The maximum Gasteiger partial charge on any atom is 0.254 e. The fraction of sp³-hybridized carbons (Fsp3) is 0.286. The van der Waals surface area contributed by atoms with Crippen molar-refractivity contribution in [1.82, 2.24) is 9.88 Å². The fourth-order valence-corrected chi connectivity index (χ4v) is 4.36. The van der Waals surface area contributed by atoms with Gasteiger partial charge in [-0.1, -0.05) is 30.3 Å². The topological polar surface area (TPSA) is 36.1 Å². The highest BCUT2D eigenvalue weighted by molar-refractivity contribution is 5.98. The van der Waals surface area contributed by atoms with Crippen molar-refractivity contribution in [2.75, 3.05) is 0 Å². The van der Waals surface area contributed by atoms with Crippen molar-refractivity contribution in [3.63, 3.8) is 0 Å². The monoisotopic (exact) mass is 316 g/mol. The molecule has 3 aromatic rings. The zero-order valence-electron chi connectivity index (χ0n) is 13.8. The molecule has 5 rings (SSSR count). The van der Waals surface area contributed by atoms with Crippen LogP contribution in [-0.4, -0.2) is 21.8 Å². The normalized spacial score (nSPS) is 19.6. The van der Waals surface area contributed by atoms with Crippen molar-refractivity contribution in [1.29, 1.82) is 0 Å². The Kier molecular flexibility index (Phi) is 2.87. The number of aryl methyl sites for hydroxylation is 2. The Morgan fingerprint density at radius 3 is 2.92 bits per heavy atom. The molecule has 1 amide bonds. The molecule has 2 aliphatic rings. The van der Waals surface area contributed by atoms with Crippen LogP contribution in [0.2, 0.25) is 0 Å². The first-order chi connectivity index (χ1) is 11.7. The van der Waals surface area contributed by atoms with Crippen LogP contribution in [0.3, 0.4) is 0 Å². The molecule has 3 heteroatoms. The second-order valence-corrected chi connectivity index (χ2v) is 7.12. The van der Waals surface area contributed by atoms with Gasteiger partial charge in [-0.3, -0.25) is 4.79 Å². The van der Waals surface area contributed by atoms with Crippen LogP contribution in [0.5, 0.6) is 0 Å². The van der Waals surface area contributed by atoms with Crippen LogP contribution in [0, 0.1) is 6.92 Å². The highest BCUT2D eigenvalue weighted by atomic mass is 16.2. The summed E-state index contributed by atoms with van der Waals surface area (Å²) >= 11 is 0. The Bertz CT molecular complexity index is 969. The molecule has 0 saturated heterocycles. The zero-order valence-corrected chi connectivity index (χ0v) is 13.8. The Morgan fingerprint density at radius 1 is 1.17 bits per heavy atom. The summed E-state index contributed by atoms with van der Waals surface area (Å²) in [4.78, 5) is 18.4. The van der Waals surface area contributed by atoms with E-state index in [1.54, 1.807) is 0 Å². The van der Waals surface area contributed by atoms with E-state index in [1.165, 1.54) is 33.3 Å². The highest BCUT2D eigenvalue weighted by Gasteiger charge is 2.35. The van der Waals surface area contributed by atoms with Crippen LogP contribution in [0.1, 0.15) is 39.2 Å². The predicted octanol–water partition coefficient (Wildman–Crippen LogP) is 3.99. The largest absolute Gasteiger partial charge is 0.358 e. The molecule has 1 aliphatic carbocycles. The first-order valence-corrected chi connectivity index (χ1v) is 8.69. The van der Waals surface area contributed by atoms with Gasteiger partial charge < -0.3 is 9.88 Å². The molecule has 0 spiro atoms. The van der Waals surface area contributed by atoms with Crippen molar-refractivity contribution < 1.29 is 4.79 Å². The third-order valence-electron chi connectivity index (χ3n) is 5.61. The number of nitrogens with zero attached hydrogens (tertiary/aromatic N) is 1. The number of aromatic amines is 1. The molecule has 3 nitrogen and oxygen atoms in total. The Balaban J connectivity index is 1.49. The smallest absolute Gasteiger partial charge is 0.254 e. The number of aromatic nitrogens is 1. The number of benzene rings is 2.